The molecule has 5 nitrogen and oxygen atoms in total. The van der Waals surface area contributed by atoms with Crippen LogP contribution in [-0.2, 0) is 0 Å². The highest BCUT2D eigenvalue weighted by Crippen LogP contribution is 2.39. The van der Waals surface area contributed by atoms with Crippen LogP contribution in [0.5, 0.6) is 17.2 Å². The molecular weight excluding hydrogens is 464 g/mol. The molecule has 202 valence electrons. The minimum absolute atomic E-state index is 0.0718. The van der Waals surface area contributed by atoms with Crippen LogP contribution in [-0.4, -0.2) is 19.3 Å². The molecule has 0 radical (unpaired) electrons. The first-order valence-electron chi connectivity index (χ1n) is 13.2. The summed E-state index contributed by atoms with van der Waals surface area (Å²) in [7, 11) is 0. The van der Waals surface area contributed by atoms with Crippen molar-refractivity contribution in [2.75, 3.05) is 13.2 Å². The van der Waals surface area contributed by atoms with Gasteiger partial charge in [-0.05, 0) is 105 Å². The highest BCUT2D eigenvalue weighted by molar-refractivity contribution is 5.91. The zero-order valence-electron chi connectivity index (χ0n) is 23.9. The van der Waals surface area contributed by atoms with E-state index in [1.807, 2.05) is 32.1 Å². The predicted octanol–water partition coefficient (Wildman–Crippen LogP) is 8.72. The summed E-state index contributed by atoms with van der Waals surface area (Å²) in [5, 5.41) is 0.601. The molecule has 5 heteroatoms. The summed E-state index contributed by atoms with van der Waals surface area (Å²) in [5.41, 5.74) is 4.97. The lowest BCUT2D eigenvalue weighted by Gasteiger charge is -2.17. The Morgan fingerprint density at radius 2 is 1.38 bits per heavy atom. The Bertz CT molecular complexity index is 1200. The molecule has 2 rings (SSSR count). The van der Waals surface area contributed by atoms with Gasteiger partial charge >= 0.3 is 5.63 Å². The molecule has 37 heavy (non-hydrogen) atoms. The molecule has 0 unspecified atom stereocenters. The molecule has 2 aromatic rings. The van der Waals surface area contributed by atoms with E-state index in [0.29, 0.717) is 35.7 Å². The average Bonchev–Trinajstić information content (AvgIpc) is 2.80. The van der Waals surface area contributed by atoms with Crippen LogP contribution in [0.2, 0.25) is 0 Å². The van der Waals surface area contributed by atoms with Crippen LogP contribution in [0.15, 0.2) is 74.0 Å². The molecule has 0 N–H and O–H groups in total. The third-order valence-electron chi connectivity index (χ3n) is 5.68. The van der Waals surface area contributed by atoms with Crippen LogP contribution in [0, 0.1) is 0 Å². The van der Waals surface area contributed by atoms with Gasteiger partial charge in [0.25, 0.3) is 0 Å². The van der Waals surface area contributed by atoms with E-state index in [9.17, 15) is 4.79 Å². The van der Waals surface area contributed by atoms with Crippen molar-refractivity contribution < 1.29 is 18.6 Å². The van der Waals surface area contributed by atoms with E-state index in [0.717, 1.165) is 25.7 Å². The Kier molecular flexibility index (Phi) is 12.3. The second-order valence-electron chi connectivity index (χ2n) is 10.2. The molecule has 0 aliphatic carbocycles. The Hall–Kier alpha value is -3.21. The van der Waals surface area contributed by atoms with Gasteiger partial charge in [-0.2, -0.15) is 0 Å². The van der Waals surface area contributed by atoms with E-state index in [1.54, 1.807) is 6.07 Å². The van der Waals surface area contributed by atoms with Crippen LogP contribution in [0.4, 0.5) is 0 Å². The Labute approximate surface area is 222 Å². The van der Waals surface area contributed by atoms with Gasteiger partial charge in [0.1, 0.15) is 29.9 Å². The third-order valence-corrected chi connectivity index (χ3v) is 5.68. The molecule has 0 atom stereocenters. The highest BCUT2D eigenvalue weighted by Gasteiger charge is 2.22. The molecule has 0 saturated carbocycles. The lowest BCUT2D eigenvalue weighted by atomic mass is 10.1. The van der Waals surface area contributed by atoms with Crippen LogP contribution in [0.1, 0.15) is 81.1 Å². The predicted molar refractivity (Wildman–Crippen MR) is 154 cm³/mol. The van der Waals surface area contributed by atoms with Crippen molar-refractivity contribution >= 4 is 11.0 Å². The fourth-order valence-electron chi connectivity index (χ4n) is 3.69. The molecule has 0 bridgehead atoms. The highest BCUT2D eigenvalue weighted by atomic mass is 16.5. The summed E-state index contributed by atoms with van der Waals surface area (Å²) in [6.07, 6.45) is 12.3. The molecule has 0 saturated heterocycles. The lowest BCUT2D eigenvalue weighted by molar-refractivity contribution is 0.216. The van der Waals surface area contributed by atoms with Crippen molar-refractivity contribution in [1.82, 2.24) is 0 Å². The first-order chi connectivity index (χ1) is 17.6. The smallest absolute Gasteiger partial charge is 0.383 e. The molecule has 0 spiro atoms. The maximum absolute atomic E-state index is 12.8. The van der Waals surface area contributed by atoms with Gasteiger partial charge in [0, 0.05) is 0 Å². The second-order valence-corrected chi connectivity index (χ2v) is 10.2. The number of fused-ring (bicyclic) bond motifs is 1. The van der Waals surface area contributed by atoms with Crippen LogP contribution < -0.4 is 19.8 Å². The van der Waals surface area contributed by atoms with Gasteiger partial charge in [-0.15, -0.1) is 0 Å². The Morgan fingerprint density at radius 3 is 1.92 bits per heavy atom. The van der Waals surface area contributed by atoms with Crippen LogP contribution in [0.3, 0.4) is 0 Å². The molecule has 0 amide bonds. The topological polar surface area (TPSA) is 57.9 Å². The summed E-state index contributed by atoms with van der Waals surface area (Å²) < 4.78 is 23.8. The molecule has 0 aliphatic heterocycles. The molecule has 0 fully saturated rings. The number of ether oxygens (including phenoxy) is 3. The van der Waals surface area contributed by atoms with Crippen LogP contribution >= 0.6 is 0 Å². The van der Waals surface area contributed by atoms with E-state index in [1.165, 1.54) is 22.3 Å². The minimum atomic E-state index is -0.562. The molecule has 1 aromatic carbocycles. The van der Waals surface area contributed by atoms with Gasteiger partial charge < -0.3 is 18.6 Å². The van der Waals surface area contributed by atoms with E-state index in [2.05, 4.69) is 59.8 Å². The lowest BCUT2D eigenvalue weighted by Crippen LogP contribution is -2.15. The van der Waals surface area contributed by atoms with E-state index < -0.39 is 5.63 Å². The van der Waals surface area contributed by atoms with Gasteiger partial charge in [0.15, 0.2) is 5.75 Å². The summed E-state index contributed by atoms with van der Waals surface area (Å²) in [4.78, 5) is 12.8. The molecule has 1 heterocycles. The van der Waals surface area contributed by atoms with Gasteiger partial charge in [-0.25, -0.2) is 4.79 Å². The van der Waals surface area contributed by atoms with Crippen LogP contribution in [0.25, 0.3) is 11.0 Å². The van der Waals surface area contributed by atoms with Gasteiger partial charge in [-0.3, -0.25) is 0 Å². The van der Waals surface area contributed by atoms with Gasteiger partial charge in [0.05, 0.1) is 6.10 Å². The molecule has 1 aromatic heterocycles. The van der Waals surface area contributed by atoms with Crippen molar-refractivity contribution in [3.05, 3.63) is 75.2 Å². The first-order valence-corrected chi connectivity index (χ1v) is 13.2. The summed E-state index contributed by atoms with van der Waals surface area (Å²) in [5.74, 6) is 1.01. The van der Waals surface area contributed by atoms with E-state index >= 15 is 0 Å². The van der Waals surface area contributed by atoms with Gasteiger partial charge in [-0.1, -0.05) is 40.5 Å². The summed E-state index contributed by atoms with van der Waals surface area (Å²) >= 11 is 0. The molecule has 0 aliphatic rings. The Morgan fingerprint density at radius 1 is 0.811 bits per heavy atom. The fourth-order valence-corrected chi connectivity index (χ4v) is 3.69. The van der Waals surface area contributed by atoms with Crippen molar-refractivity contribution in [3.63, 3.8) is 0 Å². The zero-order valence-corrected chi connectivity index (χ0v) is 23.9. The van der Waals surface area contributed by atoms with E-state index in [-0.39, 0.29) is 11.9 Å². The van der Waals surface area contributed by atoms with Gasteiger partial charge in [0.2, 0.25) is 5.75 Å². The summed E-state index contributed by atoms with van der Waals surface area (Å²) in [6.45, 7) is 17.1. The number of allylic oxidation sites excluding steroid dienone is 6. The fraction of sp³-hybridized carbons (Fsp3) is 0.469. The Balaban J connectivity index is 2.34. The normalized spacial score (nSPS) is 12.0. The number of hydrogen-bond donors (Lipinski definition) is 0. The first kappa shape index (κ1) is 30.0. The SMILES string of the molecule is CC(C)=CCC/C(C)=C/COc1cccc2oc(=O)c(OC(C)C)c(OC/C=C(\C)CCC=C(C)C)c12. The summed E-state index contributed by atoms with van der Waals surface area (Å²) in [6, 6.07) is 5.42. The van der Waals surface area contributed by atoms with E-state index in [4.69, 9.17) is 18.6 Å². The number of hydrogen-bond acceptors (Lipinski definition) is 5. The number of benzene rings is 1. The number of rotatable bonds is 14. The van der Waals surface area contributed by atoms with Crippen molar-refractivity contribution in [1.29, 1.82) is 0 Å². The van der Waals surface area contributed by atoms with Crippen molar-refractivity contribution in [2.24, 2.45) is 0 Å². The zero-order chi connectivity index (χ0) is 27.4. The average molecular weight is 509 g/mol. The standard InChI is InChI=1S/C32H44O5/c1-22(2)12-9-14-25(7)18-20-34-27-16-11-17-28-29(27)30(31(32(33)37-28)36-24(5)6)35-21-19-26(8)15-10-13-23(3)4/h11-13,16-19,24H,9-10,14-15,20-21H2,1-8H3/b25-18+,26-19+. The monoisotopic (exact) mass is 508 g/mol. The second kappa shape index (κ2) is 15.1. The third kappa shape index (κ3) is 10.4. The van der Waals surface area contributed by atoms with Crippen molar-refractivity contribution in [2.45, 2.75) is 87.2 Å². The minimum Gasteiger partial charge on any atom is -0.489 e. The van der Waals surface area contributed by atoms with Crippen molar-refractivity contribution in [3.8, 4) is 17.2 Å². The quantitative estimate of drug-likeness (QED) is 0.189. The maximum atomic E-state index is 12.8. The largest absolute Gasteiger partial charge is 0.489 e. The molecular formula is C32H44O5. The maximum Gasteiger partial charge on any atom is 0.383 e.